The Bertz CT molecular complexity index is 983. The molecule has 0 saturated heterocycles. The smallest absolute Gasteiger partial charge is 0.264 e. The fraction of sp³-hybridized carbons (Fsp3) is 0.176. The zero-order valence-electron chi connectivity index (χ0n) is 13.5. The van der Waals surface area contributed by atoms with Gasteiger partial charge in [-0.15, -0.1) is 0 Å². The van der Waals surface area contributed by atoms with Crippen molar-refractivity contribution in [3.63, 3.8) is 0 Å². The van der Waals surface area contributed by atoms with Gasteiger partial charge in [-0.2, -0.15) is 12.7 Å². The molecule has 0 radical (unpaired) electrons. The number of pyridine rings is 1. The first kappa shape index (κ1) is 16.4. The van der Waals surface area contributed by atoms with Crippen LogP contribution >= 0.6 is 0 Å². The maximum atomic E-state index is 12.8. The van der Waals surface area contributed by atoms with Gasteiger partial charge in [-0.25, -0.2) is 4.31 Å². The highest BCUT2D eigenvalue weighted by Crippen LogP contribution is 2.19. The van der Waals surface area contributed by atoms with Gasteiger partial charge in [-0.1, -0.05) is 24.3 Å². The lowest BCUT2D eigenvalue weighted by molar-refractivity contribution is 0.474. The third-order valence-electron chi connectivity index (χ3n) is 3.65. The summed E-state index contributed by atoms with van der Waals surface area (Å²) in [5, 5.41) is 1.48. The molecule has 0 bridgehead atoms. The zero-order valence-corrected chi connectivity index (χ0v) is 14.3. The van der Waals surface area contributed by atoms with Gasteiger partial charge in [0.15, 0.2) is 0 Å². The Morgan fingerprint density at radius 1 is 1.12 bits per heavy atom. The van der Waals surface area contributed by atoms with Crippen molar-refractivity contribution in [1.82, 2.24) is 13.6 Å². The van der Waals surface area contributed by atoms with Crippen LogP contribution in [0, 0.1) is 0 Å². The number of allylic oxidation sites excluding steroid dienone is 1. The second-order valence-corrected chi connectivity index (χ2v) is 7.58. The van der Waals surface area contributed by atoms with Gasteiger partial charge in [0, 0.05) is 50.5 Å². The van der Waals surface area contributed by atoms with Crippen LogP contribution in [0.5, 0.6) is 0 Å². The van der Waals surface area contributed by atoms with E-state index in [1.54, 1.807) is 24.8 Å². The summed E-state index contributed by atoms with van der Waals surface area (Å²) in [4.78, 5) is 8.54. The summed E-state index contributed by atoms with van der Waals surface area (Å²) in [6.07, 6.45) is 7.04. The molecule has 0 amide bonds. The van der Waals surface area contributed by atoms with Crippen LogP contribution in [-0.4, -0.2) is 36.1 Å². The Labute approximate surface area is 141 Å². The van der Waals surface area contributed by atoms with E-state index in [4.69, 9.17) is 0 Å². The monoisotopic (exact) mass is 342 g/mol. The van der Waals surface area contributed by atoms with Crippen LogP contribution in [0.15, 0.2) is 65.7 Å². The molecule has 0 atom stereocenters. The van der Waals surface area contributed by atoms with Crippen molar-refractivity contribution in [2.45, 2.75) is 6.42 Å². The van der Waals surface area contributed by atoms with Gasteiger partial charge in [0.25, 0.3) is 0 Å². The van der Waals surface area contributed by atoms with Crippen LogP contribution < -0.4 is 10.6 Å². The topological polar surface area (TPSA) is 65.9 Å². The lowest BCUT2D eigenvalue weighted by Crippen LogP contribution is -2.38. The van der Waals surface area contributed by atoms with E-state index in [1.807, 2.05) is 36.4 Å². The van der Waals surface area contributed by atoms with Crippen molar-refractivity contribution >= 4 is 16.4 Å². The predicted octanol–water partition coefficient (Wildman–Crippen LogP) is 0.645. The highest BCUT2D eigenvalue weighted by atomic mass is 32.2. The molecule has 24 heavy (non-hydrogen) atoms. The van der Waals surface area contributed by atoms with Crippen molar-refractivity contribution in [2.75, 3.05) is 14.1 Å². The summed E-state index contributed by atoms with van der Waals surface area (Å²) in [7, 11) is -0.647. The molecular weight excluding hydrogens is 324 g/mol. The van der Waals surface area contributed by atoms with Gasteiger partial charge in [-0.3, -0.25) is 9.98 Å². The van der Waals surface area contributed by atoms with Crippen molar-refractivity contribution in [3.05, 3.63) is 76.8 Å². The number of rotatable bonds is 4. The van der Waals surface area contributed by atoms with Gasteiger partial charge in [0.05, 0.1) is 11.1 Å². The van der Waals surface area contributed by atoms with Crippen molar-refractivity contribution < 1.29 is 8.42 Å². The maximum absolute atomic E-state index is 12.8. The van der Waals surface area contributed by atoms with E-state index in [2.05, 4.69) is 9.98 Å². The highest BCUT2D eigenvalue weighted by Gasteiger charge is 2.26. The Kier molecular flexibility index (Phi) is 4.46. The van der Waals surface area contributed by atoms with Gasteiger partial charge >= 0.3 is 10.2 Å². The summed E-state index contributed by atoms with van der Waals surface area (Å²) in [6, 6.07) is 11.2. The predicted molar refractivity (Wildman–Crippen MR) is 92.2 cm³/mol. The van der Waals surface area contributed by atoms with Crippen molar-refractivity contribution in [3.8, 4) is 0 Å². The summed E-state index contributed by atoms with van der Waals surface area (Å²) >= 11 is 0. The van der Waals surface area contributed by atoms with E-state index in [0.717, 1.165) is 16.1 Å². The van der Waals surface area contributed by atoms with E-state index < -0.39 is 10.2 Å². The van der Waals surface area contributed by atoms with E-state index in [9.17, 15) is 8.42 Å². The van der Waals surface area contributed by atoms with E-state index in [1.165, 1.54) is 22.7 Å². The molecular formula is C17H18N4O2S. The van der Waals surface area contributed by atoms with Crippen LogP contribution in [0.25, 0.3) is 6.20 Å². The van der Waals surface area contributed by atoms with Gasteiger partial charge < -0.3 is 0 Å². The number of fused-ring (bicyclic) bond motifs is 1. The molecule has 0 spiro atoms. The third-order valence-corrected chi connectivity index (χ3v) is 5.41. The first-order valence-electron chi connectivity index (χ1n) is 7.43. The molecule has 2 aromatic rings. The quantitative estimate of drug-likeness (QED) is 0.819. The van der Waals surface area contributed by atoms with Crippen LogP contribution in [0.4, 0.5) is 0 Å². The number of hydrogen-bond donors (Lipinski definition) is 0. The molecule has 3 rings (SSSR count). The summed E-state index contributed by atoms with van der Waals surface area (Å²) in [6.45, 7) is 0. The van der Waals surface area contributed by atoms with Crippen molar-refractivity contribution in [1.29, 1.82) is 0 Å². The number of hydrogen-bond acceptors (Lipinski definition) is 4. The lowest BCUT2D eigenvalue weighted by Gasteiger charge is -2.25. The highest BCUT2D eigenvalue weighted by molar-refractivity contribution is 7.87. The number of aromatic nitrogens is 1. The standard InChI is InChI=1S/C17H18N4O2S/c1-20(2)24(22,23)21-13-15-7-3-4-8-17(15)19-12-16(21)10-14-6-5-9-18-11-14/h3-9,11-13H,10H2,1-2H3. The maximum Gasteiger partial charge on any atom is 0.307 e. The molecule has 0 fully saturated rings. The molecule has 6 nitrogen and oxygen atoms in total. The van der Waals surface area contributed by atoms with E-state index >= 15 is 0 Å². The Morgan fingerprint density at radius 3 is 2.62 bits per heavy atom. The Balaban J connectivity index is 2.14. The Morgan fingerprint density at radius 2 is 1.92 bits per heavy atom. The van der Waals surface area contributed by atoms with Crippen molar-refractivity contribution in [2.24, 2.45) is 4.99 Å². The summed E-state index contributed by atoms with van der Waals surface area (Å²) in [5.74, 6) is 0. The summed E-state index contributed by atoms with van der Waals surface area (Å²) < 4.78 is 28.0. The molecule has 0 aliphatic carbocycles. The summed E-state index contributed by atoms with van der Waals surface area (Å²) in [5.41, 5.74) is 1.48. The normalized spacial score (nSPS) is 14.3. The number of benzene rings is 1. The zero-order chi connectivity index (χ0) is 17.2. The fourth-order valence-corrected chi connectivity index (χ4v) is 3.36. The molecule has 2 heterocycles. The fourth-order valence-electron chi connectivity index (χ4n) is 2.35. The molecule has 1 aromatic carbocycles. The molecule has 0 saturated carbocycles. The van der Waals surface area contributed by atoms with Crippen LogP contribution in [0.2, 0.25) is 0 Å². The van der Waals surface area contributed by atoms with Crippen LogP contribution in [-0.2, 0) is 16.6 Å². The minimum atomic E-state index is -3.67. The number of para-hydroxylation sites is 1. The van der Waals surface area contributed by atoms with Crippen LogP contribution in [0.3, 0.4) is 0 Å². The first-order chi connectivity index (χ1) is 11.5. The third kappa shape index (κ3) is 3.22. The molecule has 0 N–H and O–H groups in total. The molecule has 0 unspecified atom stereocenters. The first-order valence-corrected chi connectivity index (χ1v) is 8.83. The average molecular weight is 342 g/mol. The van der Waals surface area contributed by atoms with E-state index in [0.29, 0.717) is 12.1 Å². The molecule has 1 aliphatic heterocycles. The van der Waals surface area contributed by atoms with Gasteiger partial charge in [0.2, 0.25) is 0 Å². The minimum absolute atomic E-state index is 0.412. The van der Waals surface area contributed by atoms with Gasteiger partial charge in [0.1, 0.15) is 0 Å². The lowest BCUT2D eigenvalue weighted by atomic mass is 10.2. The largest absolute Gasteiger partial charge is 0.307 e. The molecule has 7 heteroatoms. The average Bonchev–Trinajstić information content (AvgIpc) is 2.76. The number of nitrogens with zero attached hydrogens (tertiary/aromatic N) is 4. The minimum Gasteiger partial charge on any atom is -0.264 e. The second-order valence-electron chi connectivity index (χ2n) is 5.56. The van der Waals surface area contributed by atoms with E-state index in [-0.39, 0.29) is 0 Å². The van der Waals surface area contributed by atoms with Crippen LogP contribution in [0.1, 0.15) is 5.56 Å². The molecule has 1 aromatic heterocycles. The van der Waals surface area contributed by atoms with Gasteiger partial charge in [-0.05, 0) is 17.7 Å². The Hall–Kier alpha value is -2.51. The molecule has 1 aliphatic rings. The SMILES string of the molecule is CN(C)S(=O)(=O)N1C=c2ccccc2=NC=C1Cc1cccnc1. The molecule has 124 valence electrons. The second kappa shape index (κ2) is 6.54.